The molecule has 122 valence electrons. The topological polar surface area (TPSA) is 72.8 Å². The molecule has 0 aromatic heterocycles. The minimum atomic E-state index is -0.841. The number of benzene rings is 1. The smallest absolute Gasteiger partial charge is 0.344 e. The Morgan fingerprint density at radius 3 is 2.48 bits per heavy atom. The Balaban J connectivity index is 1.92. The monoisotopic (exact) mass is 380 g/mol. The fourth-order valence-corrected chi connectivity index (χ4v) is 3.75. The zero-order chi connectivity index (χ0) is 16.4. The molecule has 1 fully saturated rings. The summed E-state index contributed by atoms with van der Waals surface area (Å²) in [6, 6.07) is 5.89. The first-order valence-electron chi connectivity index (χ1n) is 7.60. The molecule has 23 heavy (non-hydrogen) atoms. The van der Waals surface area contributed by atoms with Gasteiger partial charge in [0.05, 0.1) is 11.1 Å². The predicted molar refractivity (Wildman–Crippen MR) is 86.5 cm³/mol. The first kappa shape index (κ1) is 16.1. The van der Waals surface area contributed by atoms with Gasteiger partial charge in [-0.15, -0.1) is 0 Å². The van der Waals surface area contributed by atoms with Crippen LogP contribution in [0.5, 0.6) is 11.5 Å². The molecular formula is C17H17BrO5. The number of carbonyl (C=O) groups excluding carboxylic acids is 2. The molecule has 1 aromatic carbocycles. The average molecular weight is 381 g/mol. The standard InChI is InChI=1S/C17H17BrO5/c18-10-13-14(16(21)22-12-6-4-11(19)5-7-12)17(23-15(13)20)8-2-1-3-9-17/h4-7,19H,1-3,8-10H2. The van der Waals surface area contributed by atoms with E-state index in [1.165, 1.54) is 24.3 Å². The Hall–Kier alpha value is -1.82. The van der Waals surface area contributed by atoms with Gasteiger partial charge in [-0.05, 0) is 49.9 Å². The summed E-state index contributed by atoms with van der Waals surface area (Å²) in [6.07, 6.45) is 4.20. The highest BCUT2D eigenvalue weighted by atomic mass is 79.9. The van der Waals surface area contributed by atoms with Gasteiger partial charge in [-0.3, -0.25) is 0 Å². The van der Waals surface area contributed by atoms with Crippen molar-refractivity contribution in [2.24, 2.45) is 0 Å². The van der Waals surface area contributed by atoms with E-state index >= 15 is 0 Å². The molecule has 6 heteroatoms. The first-order chi connectivity index (χ1) is 11.1. The van der Waals surface area contributed by atoms with Crippen molar-refractivity contribution in [3.8, 4) is 11.5 Å². The molecule has 1 aliphatic carbocycles. The molecule has 0 radical (unpaired) electrons. The van der Waals surface area contributed by atoms with Crippen LogP contribution in [-0.2, 0) is 14.3 Å². The third-order valence-corrected chi connectivity index (χ3v) is 4.90. The first-order valence-corrected chi connectivity index (χ1v) is 8.72. The second kappa shape index (κ2) is 6.35. The van der Waals surface area contributed by atoms with Crippen molar-refractivity contribution in [3.63, 3.8) is 0 Å². The van der Waals surface area contributed by atoms with Gasteiger partial charge in [0.1, 0.15) is 17.1 Å². The lowest BCUT2D eigenvalue weighted by molar-refractivity contribution is -0.150. The normalized spacial score (nSPS) is 19.8. The highest BCUT2D eigenvalue weighted by molar-refractivity contribution is 9.09. The van der Waals surface area contributed by atoms with E-state index in [-0.39, 0.29) is 11.1 Å². The van der Waals surface area contributed by atoms with Gasteiger partial charge in [0.15, 0.2) is 0 Å². The Labute approximate surface area is 142 Å². The van der Waals surface area contributed by atoms with Crippen molar-refractivity contribution in [1.29, 1.82) is 0 Å². The molecule has 1 spiro atoms. The highest BCUT2D eigenvalue weighted by Gasteiger charge is 2.51. The maximum absolute atomic E-state index is 12.7. The number of ether oxygens (including phenoxy) is 2. The average Bonchev–Trinajstić information content (AvgIpc) is 2.81. The molecule has 0 amide bonds. The molecule has 1 N–H and O–H groups in total. The van der Waals surface area contributed by atoms with E-state index in [1.807, 2.05) is 0 Å². The van der Waals surface area contributed by atoms with Gasteiger partial charge in [0.2, 0.25) is 0 Å². The van der Waals surface area contributed by atoms with Crippen LogP contribution in [0.3, 0.4) is 0 Å². The molecule has 0 bridgehead atoms. The van der Waals surface area contributed by atoms with E-state index in [0.29, 0.717) is 29.7 Å². The number of hydrogen-bond acceptors (Lipinski definition) is 5. The van der Waals surface area contributed by atoms with Crippen LogP contribution in [0.25, 0.3) is 0 Å². The molecule has 2 aliphatic rings. The van der Waals surface area contributed by atoms with E-state index < -0.39 is 17.5 Å². The summed E-state index contributed by atoms with van der Waals surface area (Å²) >= 11 is 3.27. The minimum absolute atomic E-state index is 0.0910. The van der Waals surface area contributed by atoms with Crippen LogP contribution in [0.1, 0.15) is 32.1 Å². The SMILES string of the molecule is O=C1OC2(CCCCC2)C(C(=O)Oc2ccc(O)cc2)=C1CBr. The number of halogens is 1. The number of hydrogen-bond donors (Lipinski definition) is 1. The summed E-state index contributed by atoms with van der Waals surface area (Å²) in [5.74, 6) is -0.591. The second-order valence-corrected chi connectivity index (χ2v) is 6.38. The number of esters is 2. The Morgan fingerprint density at radius 2 is 1.87 bits per heavy atom. The summed E-state index contributed by atoms with van der Waals surface area (Å²) < 4.78 is 11.0. The molecule has 1 aromatic rings. The fraction of sp³-hybridized carbons (Fsp3) is 0.412. The van der Waals surface area contributed by atoms with Crippen molar-refractivity contribution in [3.05, 3.63) is 35.4 Å². The molecule has 0 saturated heterocycles. The van der Waals surface area contributed by atoms with Crippen LogP contribution in [0.15, 0.2) is 35.4 Å². The summed E-state index contributed by atoms with van der Waals surface area (Å²) in [5, 5.41) is 9.55. The lowest BCUT2D eigenvalue weighted by atomic mass is 9.79. The maximum Gasteiger partial charge on any atom is 0.344 e. The molecule has 1 aliphatic heterocycles. The zero-order valence-corrected chi connectivity index (χ0v) is 14.1. The minimum Gasteiger partial charge on any atom is -0.508 e. The van der Waals surface area contributed by atoms with Crippen LogP contribution in [-0.4, -0.2) is 28.0 Å². The third kappa shape index (κ3) is 3.00. The summed E-state index contributed by atoms with van der Waals surface area (Å²) in [4.78, 5) is 24.8. The van der Waals surface area contributed by atoms with Gasteiger partial charge in [-0.2, -0.15) is 0 Å². The summed E-state index contributed by atoms with van der Waals surface area (Å²) in [5.41, 5.74) is -0.158. The molecule has 0 unspecified atom stereocenters. The van der Waals surface area contributed by atoms with Crippen molar-refractivity contribution >= 4 is 27.9 Å². The molecular weight excluding hydrogens is 364 g/mol. The van der Waals surface area contributed by atoms with Gasteiger partial charge < -0.3 is 14.6 Å². The van der Waals surface area contributed by atoms with Crippen LogP contribution in [0, 0.1) is 0 Å². The van der Waals surface area contributed by atoms with Gasteiger partial charge in [-0.1, -0.05) is 22.4 Å². The quantitative estimate of drug-likeness (QED) is 0.494. The van der Waals surface area contributed by atoms with E-state index in [1.54, 1.807) is 0 Å². The van der Waals surface area contributed by atoms with Gasteiger partial charge in [0.25, 0.3) is 0 Å². The highest BCUT2D eigenvalue weighted by Crippen LogP contribution is 2.44. The van der Waals surface area contributed by atoms with E-state index in [9.17, 15) is 14.7 Å². The lowest BCUT2D eigenvalue weighted by Crippen LogP contribution is -2.38. The van der Waals surface area contributed by atoms with Gasteiger partial charge >= 0.3 is 11.9 Å². The summed E-state index contributed by atoms with van der Waals surface area (Å²) in [6.45, 7) is 0. The Bertz CT molecular complexity index is 656. The van der Waals surface area contributed by atoms with Gasteiger partial charge in [-0.25, -0.2) is 9.59 Å². The number of carbonyl (C=O) groups is 2. The summed E-state index contributed by atoms with van der Waals surface area (Å²) in [7, 11) is 0. The largest absolute Gasteiger partial charge is 0.508 e. The number of alkyl halides is 1. The van der Waals surface area contributed by atoms with E-state index in [0.717, 1.165) is 19.3 Å². The Kier molecular flexibility index (Phi) is 4.43. The molecule has 5 nitrogen and oxygen atoms in total. The number of phenols is 1. The number of aromatic hydroxyl groups is 1. The van der Waals surface area contributed by atoms with Crippen LogP contribution in [0.4, 0.5) is 0 Å². The number of rotatable bonds is 3. The van der Waals surface area contributed by atoms with E-state index in [2.05, 4.69) is 15.9 Å². The predicted octanol–water partition coefficient (Wildman–Crippen LogP) is 3.25. The van der Waals surface area contributed by atoms with Crippen molar-refractivity contribution in [1.82, 2.24) is 0 Å². The maximum atomic E-state index is 12.7. The fourth-order valence-electron chi connectivity index (χ4n) is 3.24. The van der Waals surface area contributed by atoms with E-state index in [4.69, 9.17) is 9.47 Å². The number of phenolic OH excluding ortho intramolecular Hbond substituents is 1. The van der Waals surface area contributed by atoms with Crippen molar-refractivity contribution < 1.29 is 24.2 Å². The van der Waals surface area contributed by atoms with Crippen LogP contribution >= 0.6 is 15.9 Å². The third-order valence-electron chi connectivity index (χ3n) is 4.34. The molecule has 0 atom stereocenters. The molecule has 1 heterocycles. The van der Waals surface area contributed by atoms with Gasteiger partial charge in [0, 0.05) is 5.33 Å². The second-order valence-electron chi connectivity index (χ2n) is 5.82. The van der Waals surface area contributed by atoms with Crippen LogP contribution in [0.2, 0.25) is 0 Å². The zero-order valence-electron chi connectivity index (χ0n) is 12.5. The van der Waals surface area contributed by atoms with Crippen LogP contribution < -0.4 is 4.74 Å². The molecule has 1 saturated carbocycles. The van der Waals surface area contributed by atoms with Crippen molar-refractivity contribution in [2.75, 3.05) is 5.33 Å². The Morgan fingerprint density at radius 1 is 1.22 bits per heavy atom. The van der Waals surface area contributed by atoms with Crippen molar-refractivity contribution in [2.45, 2.75) is 37.7 Å². The molecule has 3 rings (SSSR count). The lowest BCUT2D eigenvalue weighted by Gasteiger charge is -2.33.